The summed E-state index contributed by atoms with van der Waals surface area (Å²) in [5, 5.41) is 3.65. The number of amides is 1. The van der Waals surface area contributed by atoms with E-state index in [0.29, 0.717) is 17.6 Å². The van der Waals surface area contributed by atoms with Gasteiger partial charge in [0.1, 0.15) is 17.6 Å². The Morgan fingerprint density at radius 3 is 2.52 bits per heavy atom. The molecule has 4 aromatic rings. The molecule has 0 radical (unpaired) electrons. The molecular weight excluding hydrogens is 392 g/mol. The zero-order valence-electron chi connectivity index (χ0n) is 17.8. The minimum absolute atomic E-state index is 0.112. The third-order valence-electron chi connectivity index (χ3n) is 5.48. The van der Waals surface area contributed by atoms with E-state index in [1.807, 2.05) is 30.3 Å². The first kappa shape index (κ1) is 20.8. The fourth-order valence-electron chi connectivity index (χ4n) is 3.61. The van der Waals surface area contributed by atoms with Gasteiger partial charge in [-0.2, -0.15) is 0 Å². The smallest absolute Gasteiger partial charge is 0.297 e. The minimum atomic E-state index is -0.364. The highest BCUT2D eigenvalue weighted by Crippen LogP contribution is 2.23. The average Bonchev–Trinajstić information content (AvgIpc) is 3.18. The molecule has 2 heterocycles. The Kier molecular flexibility index (Phi) is 6.13. The zero-order valence-corrected chi connectivity index (χ0v) is 17.8. The van der Waals surface area contributed by atoms with E-state index in [9.17, 15) is 9.59 Å². The van der Waals surface area contributed by atoms with E-state index in [-0.39, 0.29) is 23.6 Å². The molecule has 0 saturated carbocycles. The normalized spacial score (nSPS) is 11.5. The van der Waals surface area contributed by atoms with Crippen LogP contribution >= 0.6 is 0 Å². The topological polar surface area (TPSA) is 80.4 Å². The third-order valence-corrected chi connectivity index (χ3v) is 5.48. The predicted octanol–water partition coefficient (Wildman–Crippen LogP) is 3.30. The number of nitrogens with one attached hydrogen (secondary N) is 1. The summed E-state index contributed by atoms with van der Waals surface area (Å²) in [7, 11) is 0. The summed E-state index contributed by atoms with van der Waals surface area (Å²) in [5.41, 5.74) is 3.18. The number of para-hydroxylation sites is 1. The van der Waals surface area contributed by atoms with Crippen molar-refractivity contribution >= 4 is 28.0 Å². The number of carbonyl (C=O) groups is 1. The third kappa shape index (κ3) is 4.51. The molecule has 4 rings (SSSR count). The summed E-state index contributed by atoms with van der Waals surface area (Å²) in [4.78, 5) is 31.8. The number of aromatic nitrogens is 2. The first-order chi connectivity index (χ1) is 15.1. The molecule has 7 nitrogen and oxygen atoms in total. The Hall–Kier alpha value is -3.45. The maximum atomic E-state index is 12.7. The van der Waals surface area contributed by atoms with Gasteiger partial charge in [-0.25, -0.2) is 4.98 Å². The first-order valence-electron chi connectivity index (χ1n) is 10.5. The van der Waals surface area contributed by atoms with E-state index >= 15 is 0 Å². The monoisotopic (exact) mass is 418 g/mol. The molecule has 7 heteroatoms. The van der Waals surface area contributed by atoms with Gasteiger partial charge < -0.3 is 9.73 Å². The van der Waals surface area contributed by atoms with Gasteiger partial charge in [-0.3, -0.25) is 19.1 Å². The summed E-state index contributed by atoms with van der Waals surface area (Å²) < 4.78 is 6.93. The first-order valence-corrected chi connectivity index (χ1v) is 10.5. The Morgan fingerprint density at radius 1 is 1.06 bits per heavy atom. The number of hydrogen-bond acceptors (Lipinski definition) is 5. The lowest BCUT2D eigenvalue weighted by Gasteiger charge is -2.18. The Morgan fingerprint density at radius 2 is 1.77 bits per heavy atom. The molecule has 2 aromatic heterocycles. The zero-order chi connectivity index (χ0) is 21.8. The van der Waals surface area contributed by atoms with Gasteiger partial charge in [0.15, 0.2) is 0 Å². The van der Waals surface area contributed by atoms with E-state index < -0.39 is 0 Å². The summed E-state index contributed by atoms with van der Waals surface area (Å²) in [6, 6.07) is 15.6. The Balaban J connectivity index is 1.40. The van der Waals surface area contributed by atoms with Crippen LogP contribution in [0, 0.1) is 0 Å². The number of furan rings is 1. The number of hydrogen-bond donors (Lipinski definition) is 1. The molecule has 160 valence electrons. The van der Waals surface area contributed by atoms with Crippen LogP contribution in [0.3, 0.4) is 0 Å². The van der Waals surface area contributed by atoms with Crippen LogP contribution in [0.5, 0.6) is 0 Å². The van der Waals surface area contributed by atoms with E-state index in [1.165, 1.54) is 16.5 Å². The predicted molar refractivity (Wildman–Crippen MR) is 121 cm³/mol. The summed E-state index contributed by atoms with van der Waals surface area (Å²) in [5.74, 6) is -0.258. The molecule has 0 aliphatic rings. The fraction of sp³-hybridized carbons (Fsp3) is 0.292. The number of nitrogens with zero attached hydrogens (tertiary/aromatic N) is 3. The lowest BCUT2D eigenvalue weighted by atomic mass is 10.1. The van der Waals surface area contributed by atoms with E-state index in [4.69, 9.17) is 4.42 Å². The molecule has 0 atom stereocenters. The van der Waals surface area contributed by atoms with E-state index in [1.54, 1.807) is 6.07 Å². The molecular formula is C24H26N4O3. The van der Waals surface area contributed by atoms with Gasteiger partial charge in [-0.1, -0.05) is 50.2 Å². The van der Waals surface area contributed by atoms with Crippen molar-refractivity contribution in [2.45, 2.75) is 33.5 Å². The molecule has 0 fully saturated rings. The fourth-order valence-corrected chi connectivity index (χ4v) is 3.61. The van der Waals surface area contributed by atoms with Gasteiger partial charge >= 0.3 is 0 Å². The van der Waals surface area contributed by atoms with Crippen molar-refractivity contribution in [1.29, 1.82) is 0 Å². The van der Waals surface area contributed by atoms with E-state index in [2.05, 4.69) is 41.2 Å². The van der Waals surface area contributed by atoms with Crippen molar-refractivity contribution in [1.82, 2.24) is 19.8 Å². The number of rotatable bonds is 8. The second kappa shape index (κ2) is 9.14. The van der Waals surface area contributed by atoms with Crippen molar-refractivity contribution in [3.8, 4) is 0 Å². The minimum Gasteiger partial charge on any atom is -0.448 e. The summed E-state index contributed by atoms with van der Waals surface area (Å²) in [6.45, 7) is 7.54. The van der Waals surface area contributed by atoms with Crippen LogP contribution in [0.4, 0.5) is 0 Å². The molecule has 0 unspecified atom stereocenters. The van der Waals surface area contributed by atoms with Crippen LogP contribution in [0.2, 0.25) is 0 Å². The van der Waals surface area contributed by atoms with Gasteiger partial charge in [-0.05, 0) is 36.3 Å². The lowest BCUT2D eigenvalue weighted by molar-refractivity contribution is -0.121. The van der Waals surface area contributed by atoms with Crippen molar-refractivity contribution in [2.75, 3.05) is 13.1 Å². The van der Waals surface area contributed by atoms with Crippen molar-refractivity contribution in [3.63, 3.8) is 0 Å². The molecule has 2 aromatic carbocycles. The van der Waals surface area contributed by atoms with Crippen LogP contribution < -0.4 is 10.9 Å². The van der Waals surface area contributed by atoms with Gasteiger partial charge in [-0.15, -0.1) is 0 Å². The standard InChI is InChI=1S/C24H26N4O3/c1-3-27(4-2)14-18-11-9-17(10-12-18)13-25-21(29)15-28-16-26-22-19-7-5-6-8-20(19)31-23(22)24(28)30/h5-12,16H,3-4,13-15H2,1-2H3,(H,25,29). The summed E-state index contributed by atoms with van der Waals surface area (Å²) in [6.07, 6.45) is 1.40. The molecule has 1 amide bonds. The highest BCUT2D eigenvalue weighted by Gasteiger charge is 2.14. The van der Waals surface area contributed by atoms with Gasteiger partial charge in [0.05, 0.1) is 6.33 Å². The molecule has 0 bridgehead atoms. The highest BCUT2D eigenvalue weighted by molar-refractivity contribution is 6.01. The number of benzene rings is 2. The molecule has 0 saturated heterocycles. The maximum absolute atomic E-state index is 12.7. The molecule has 31 heavy (non-hydrogen) atoms. The van der Waals surface area contributed by atoms with E-state index in [0.717, 1.165) is 30.6 Å². The van der Waals surface area contributed by atoms with Crippen LogP contribution in [0.15, 0.2) is 64.1 Å². The second-order valence-corrected chi connectivity index (χ2v) is 7.51. The maximum Gasteiger partial charge on any atom is 0.297 e. The Bertz CT molecular complexity index is 1250. The average molecular weight is 418 g/mol. The number of fused-ring (bicyclic) bond motifs is 3. The van der Waals surface area contributed by atoms with Crippen LogP contribution in [-0.2, 0) is 24.4 Å². The molecule has 0 spiro atoms. The quantitative estimate of drug-likeness (QED) is 0.475. The highest BCUT2D eigenvalue weighted by atomic mass is 16.3. The number of carbonyl (C=O) groups excluding carboxylic acids is 1. The van der Waals surface area contributed by atoms with Crippen molar-refractivity contribution in [2.24, 2.45) is 0 Å². The van der Waals surface area contributed by atoms with Crippen LogP contribution in [0.25, 0.3) is 22.1 Å². The van der Waals surface area contributed by atoms with Gasteiger partial charge in [0, 0.05) is 18.5 Å². The summed E-state index contributed by atoms with van der Waals surface area (Å²) >= 11 is 0. The SMILES string of the molecule is CCN(CC)Cc1ccc(CNC(=O)Cn2cnc3c(oc4ccccc43)c2=O)cc1. The Labute approximate surface area is 180 Å². The molecule has 1 N–H and O–H groups in total. The second-order valence-electron chi connectivity index (χ2n) is 7.51. The van der Waals surface area contributed by atoms with Gasteiger partial charge in [0.2, 0.25) is 11.5 Å². The van der Waals surface area contributed by atoms with Crippen molar-refractivity contribution < 1.29 is 9.21 Å². The largest absolute Gasteiger partial charge is 0.448 e. The van der Waals surface area contributed by atoms with Gasteiger partial charge in [0.25, 0.3) is 5.56 Å². The molecule has 0 aliphatic heterocycles. The van der Waals surface area contributed by atoms with Crippen LogP contribution in [-0.4, -0.2) is 33.4 Å². The van der Waals surface area contributed by atoms with Crippen molar-refractivity contribution in [3.05, 3.63) is 76.3 Å². The lowest BCUT2D eigenvalue weighted by Crippen LogP contribution is -2.32. The van der Waals surface area contributed by atoms with Crippen LogP contribution in [0.1, 0.15) is 25.0 Å². The molecule has 0 aliphatic carbocycles.